The number of benzene rings is 4. The van der Waals surface area contributed by atoms with E-state index in [0.29, 0.717) is 36.6 Å². The van der Waals surface area contributed by atoms with Crippen molar-refractivity contribution in [2.75, 3.05) is 0 Å². The van der Waals surface area contributed by atoms with Crippen molar-refractivity contribution in [2.24, 2.45) is 0 Å². The molecule has 0 bridgehead atoms. The molecule has 0 saturated carbocycles. The first-order valence-corrected chi connectivity index (χ1v) is 11.6. The first-order valence-electron chi connectivity index (χ1n) is 11.6. The van der Waals surface area contributed by atoms with Crippen LogP contribution in [0.4, 0.5) is 0 Å². The molecule has 182 valence electrons. The Morgan fingerprint density at radius 2 is 1.28 bits per heavy atom. The summed E-state index contributed by atoms with van der Waals surface area (Å²) in [6.07, 6.45) is 1.39. The normalized spacial score (nSPS) is 10.4. The van der Waals surface area contributed by atoms with E-state index in [4.69, 9.17) is 14.2 Å². The van der Waals surface area contributed by atoms with E-state index in [1.165, 1.54) is 6.07 Å². The second kappa shape index (κ2) is 12.2. The molecule has 6 heteroatoms. The van der Waals surface area contributed by atoms with Crippen molar-refractivity contribution >= 4 is 12.3 Å². The lowest BCUT2D eigenvalue weighted by Crippen LogP contribution is -2.09. The van der Waals surface area contributed by atoms with Crippen LogP contribution in [-0.2, 0) is 24.4 Å². The predicted octanol–water partition coefficient (Wildman–Crippen LogP) is 5.90. The molecule has 4 aromatic carbocycles. The standard InChI is InChI=1S/C30H26O6/c31-19-25-18-24(8-16-29(25)32)21-35-26-10-6-22(7-11-26)9-17-30(33)36-28-14-12-27(13-15-28)34-20-23-4-2-1-3-5-23/h1-8,10-16,18-19,32H,9,17,20-21H2. The Morgan fingerprint density at radius 1 is 0.694 bits per heavy atom. The molecule has 0 spiro atoms. The van der Waals surface area contributed by atoms with Gasteiger partial charge in [0.15, 0.2) is 6.29 Å². The van der Waals surface area contributed by atoms with E-state index >= 15 is 0 Å². The van der Waals surface area contributed by atoms with Gasteiger partial charge in [0.25, 0.3) is 0 Å². The van der Waals surface area contributed by atoms with Crippen LogP contribution in [0.2, 0.25) is 0 Å². The molecule has 0 aliphatic heterocycles. The van der Waals surface area contributed by atoms with Crippen LogP contribution in [0.25, 0.3) is 0 Å². The molecule has 0 saturated heterocycles. The summed E-state index contributed by atoms with van der Waals surface area (Å²) in [5.74, 6) is 1.48. The van der Waals surface area contributed by atoms with Crippen molar-refractivity contribution in [1.29, 1.82) is 0 Å². The summed E-state index contributed by atoms with van der Waals surface area (Å²) in [4.78, 5) is 23.2. The number of esters is 1. The number of phenolic OH excluding ortho intramolecular Hbond substituents is 1. The zero-order valence-corrected chi connectivity index (χ0v) is 19.6. The minimum atomic E-state index is -0.313. The van der Waals surface area contributed by atoms with Gasteiger partial charge in [-0.05, 0) is 71.6 Å². The topological polar surface area (TPSA) is 82.1 Å². The van der Waals surface area contributed by atoms with Crippen molar-refractivity contribution in [2.45, 2.75) is 26.1 Å². The van der Waals surface area contributed by atoms with E-state index in [1.54, 1.807) is 36.4 Å². The number of carbonyl (C=O) groups is 2. The molecule has 0 fully saturated rings. The van der Waals surface area contributed by atoms with Crippen LogP contribution in [0.5, 0.6) is 23.0 Å². The highest BCUT2D eigenvalue weighted by atomic mass is 16.5. The van der Waals surface area contributed by atoms with Gasteiger partial charge in [0.2, 0.25) is 0 Å². The average molecular weight is 483 g/mol. The quantitative estimate of drug-likeness (QED) is 0.163. The number of rotatable bonds is 11. The van der Waals surface area contributed by atoms with Gasteiger partial charge in [0, 0.05) is 6.42 Å². The summed E-state index contributed by atoms with van der Waals surface area (Å²) >= 11 is 0. The molecule has 0 atom stereocenters. The highest BCUT2D eigenvalue weighted by Gasteiger charge is 2.07. The van der Waals surface area contributed by atoms with Gasteiger partial charge in [-0.25, -0.2) is 0 Å². The van der Waals surface area contributed by atoms with E-state index < -0.39 is 0 Å². The molecule has 1 N–H and O–H groups in total. The third-order valence-corrected chi connectivity index (χ3v) is 5.47. The molecule has 0 aromatic heterocycles. The van der Waals surface area contributed by atoms with Gasteiger partial charge < -0.3 is 19.3 Å². The van der Waals surface area contributed by atoms with Crippen molar-refractivity contribution < 1.29 is 28.9 Å². The lowest BCUT2D eigenvalue weighted by atomic mass is 10.1. The molecule has 0 radical (unpaired) electrons. The van der Waals surface area contributed by atoms with E-state index in [1.807, 2.05) is 54.6 Å². The second-order valence-electron chi connectivity index (χ2n) is 8.16. The van der Waals surface area contributed by atoms with Crippen molar-refractivity contribution in [1.82, 2.24) is 0 Å². The first kappa shape index (κ1) is 24.5. The third kappa shape index (κ3) is 7.21. The molecule has 36 heavy (non-hydrogen) atoms. The number of aromatic hydroxyl groups is 1. The number of carbonyl (C=O) groups excluding carboxylic acids is 2. The van der Waals surface area contributed by atoms with Crippen LogP contribution in [-0.4, -0.2) is 17.4 Å². The van der Waals surface area contributed by atoms with Crippen LogP contribution < -0.4 is 14.2 Å². The fourth-order valence-electron chi connectivity index (χ4n) is 3.48. The molecule has 0 aliphatic carbocycles. The number of aldehydes is 1. The van der Waals surface area contributed by atoms with Crippen LogP contribution >= 0.6 is 0 Å². The van der Waals surface area contributed by atoms with E-state index in [2.05, 4.69) is 0 Å². The fourth-order valence-corrected chi connectivity index (χ4v) is 3.48. The maximum Gasteiger partial charge on any atom is 0.311 e. The van der Waals surface area contributed by atoms with Crippen LogP contribution in [0, 0.1) is 0 Å². The van der Waals surface area contributed by atoms with Gasteiger partial charge in [0.1, 0.15) is 36.2 Å². The number of aryl methyl sites for hydroxylation is 1. The van der Waals surface area contributed by atoms with Crippen LogP contribution in [0.15, 0.2) is 97.1 Å². The summed E-state index contributed by atoms with van der Waals surface area (Å²) < 4.78 is 16.9. The highest BCUT2D eigenvalue weighted by Crippen LogP contribution is 2.21. The summed E-state index contributed by atoms with van der Waals surface area (Å²) in [7, 11) is 0. The lowest BCUT2D eigenvalue weighted by Gasteiger charge is -2.09. The Balaban J connectivity index is 1.20. The van der Waals surface area contributed by atoms with Crippen molar-refractivity contribution in [3.05, 3.63) is 119 Å². The zero-order valence-electron chi connectivity index (χ0n) is 19.6. The molecular weight excluding hydrogens is 456 g/mol. The second-order valence-corrected chi connectivity index (χ2v) is 8.16. The Morgan fingerprint density at radius 3 is 1.94 bits per heavy atom. The lowest BCUT2D eigenvalue weighted by molar-refractivity contribution is -0.134. The van der Waals surface area contributed by atoms with Gasteiger partial charge in [-0.1, -0.05) is 48.5 Å². The fraction of sp³-hybridized carbons (Fsp3) is 0.133. The number of ether oxygens (including phenoxy) is 3. The Hall–Kier alpha value is -4.58. The van der Waals surface area contributed by atoms with Crippen LogP contribution in [0.1, 0.15) is 33.5 Å². The Kier molecular flexibility index (Phi) is 8.33. The molecule has 4 aromatic rings. The highest BCUT2D eigenvalue weighted by molar-refractivity contribution is 5.79. The van der Waals surface area contributed by atoms with E-state index in [0.717, 1.165) is 16.7 Å². The summed E-state index contributed by atoms with van der Waals surface area (Å²) in [6, 6.07) is 29.1. The van der Waals surface area contributed by atoms with Gasteiger partial charge >= 0.3 is 5.97 Å². The van der Waals surface area contributed by atoms with Gasteiger partial charge in [-0.15, -0.1) is 0 Å². The zero-order chi connectivity index (χ0) is 25.2. The molecule has 0 heterocycles. The Labute approximate surface area is 209 Å². The molecular formula is C30H26O6. The molecule has 6 nitrogen and oxygen atoms in total. The monoisotopic (exact) mass is 482 g/mol. The largest absolute Gasteiger partial charge is 0.507 e. The van der Waals surface area contributed by atoms with Crippen molar-refractivity contribution in [3.8, 4) is 23.0 Å². The maximum atomic E-state index is 12.3. The average Bonchev–Trinajstić information content (AvgIpc) is 2.92. The molecule has 0 unspecified atom stereocenters. The number of hydrogen-bond donors (Lipinski definition) is 1. The Bertz CT molecular complexity index is 1280. The minimum Gasteiger partial charge on any atom is -0.507 e. The van der Waals surface area contributed by atoms with Gasteiger partial charge in [0.05, 0.1) is 5.56 Å². The molecule has 4 rings (SSSR count). The summed E-state index contributed by atoms with van der Waals surface area (Å²) in [5, 5.41) is 9.58. The van der Waals surface area contributed by atoms with E-state index in [-0.39, 0.29) is 30.3 Å². The maximum absolute atomic E-state index is 12.3. The van der Waals surface area contributed by atoms with Crippen LogP contribution in [0.3, 0.4) is 0 Å². The number of hydrogen-bond acceptors (Lipinski definition) is 6. The number of phenols is 1. The first-order chi connectivity index (χ1) is 17.6. The molecule has 0 amide bonds. The minimum absolute atomic E-state index is 0.0542. The third-order valence-electron chi connectivity index (χ3n) is 5.47. The van der Waals surface area contributed by atoms with Gasteiger partial charge in [-0.2, -0.15) is 0 Å². The summed E-state index contributed by atoms with van der Waals surface area (Å²) in [6.45, 7) is 0.741. The predicted molar refractivity (Wildman–Crippen MR) is 135 cm³/mol. The molecule has 0 aliphatic rings. The van der Waals surface area contributed by atoms with Gasteiger partial charge in [-0.3, -0.25) is 9.59 Å². The smallest absolute Gasteiger partial charge is 0.311 e. The summed E-state index contributed by atoms with van der Waals surface area (Å²) in [5.41, 5.74) is 3.07. The van der Waals surface area contributed by atoms with E-state index in [9.17, 15) is 14.7 Å². The van der Waals surface area contributed by atoms with Crippen molar-refractivity contribution in [3.63, 3.8) is 0 Å². The SMILES string of the molecule is O=Cc1cc(COc2ccc(CCC(=O)Oc3ccc(OCc4ccccc4)cc3)cc2)ccc1O.